The van der Waals surface area contributed by atoms with Crippen LogP contribution in [-0.2, 0) is 0 Å². The van der Waals surface area contributed by atoms with E-state index in [1.165, 1.54) is 0 Å². The topological polar surface area (TPSA) is 12.0 Å². The fourth-order valence-corrected chi connectivity index (χ4v) is 2.46. The Morgan fingerprint density at radius 3 is 2.50 bits per heavy atom. The zero-order valence-corrected chi connectivity index (χ0v) is 13.6. The molecular formula is C14H20BrClFN. The predicted molar refractivity (Wildman–Crippen MR) is 79.6 cm³/mol. The molecule has 0 aliphatic rings. The number of benzene rings is 1. The highest BCUT2D eigenvalue weighted by Crippen LogP contribution is 2.40. The van der Waals surface area contributed by atoms with E-state index in [4.69, 9.17) is 11.6 Å². The third-order valence-electron chi connectivity index (χ3n) is 3.48. The lowest BCUT2D eigenvalue weighted by Gasteiger charge is -2.35. The van der Waals surface area contributed by atoms with Gasteiger partial charge in [0.25, 0.3) is 0 Å². The first-order valence-corrected chi connectivity index (χ1v) is 7.39. The maximum Gasteiger partial charge on any atom is 0.147 e. The van der Waals surface area contributed by atoms with Crippen molar-refractivity contribution in [2.45, 2.75) is 40.2 Å². The summed E-state index contributed by atoms with van der Waals surface area (Å²) in [5, 5.41) is 3.52. The van der Waals surface area contributed by atoms with E-state index in [-0.39, 0.29) is 22.3 Å². The Morgan fingerprint density at radius 2 is 2.00 bits per heavy atom. The minimum atomic E-state index is -0.335. The van der Waals surface area contributed by atoms with Crippen molar-refractivity contribution in [3.05, 3.63) is 33.0 Å². The molecule has 0 bridgehead atoms. The van der Waals surface area contributed by atoms with Crippen molar-refractivity contribution in [3.63, 3.8) is 0 Å². The minimum Gasteiger partial charge on any atom is -0.310 e. The van der Waals surface area contributed by atoms with Gasteiger partial charge in [-0.1, -0.05) is 45.4 Å². The van der Waals surface area contributed by atoms with Crippen LogP contribution in [0.2, 0.25) is 5.02 Å². The van der Waals surface area contributed by atoms with E-state index in [1.807, 2.05) is 6.92 Å². The van der Waals surface area contributed by atoms with Gasteiger partial charge in [0.05, 0.1) is 5.02 Å². The van der Waals surface area contributed by atoms with Crippen LogP contribution in [0, 0.1) is 11.2 Å². The van der Waals surface area contributed by atoms with Gasteiger partial charge in [-0.3, -0.25) is 0 Å². The molecule has 102 valence electrons. The van der Waals surface area contributed by atoms with E-state index in [9.17, 15) is 4.39 Å². The van der Waals surface area contributed by atoms with Crippen LogP contribution in [0.4, 0.5) is 4.39 Å². The highest BCUT2D eigenvalue weighted by molar-refractivity contribution is 9.10. The summed E-state index contributed by atoms with van der Waals surface area (Å²) in [4.78, 5) is 0. The van der Waals surface area contributed by atoms with Gasteiger partial charge in [0, 0.05) is 16.1 Å². The molecule has 1 N–H and O–H groups in total. The molecule has 1 nitrogen and oxygen atoms in total. The van der Waals surface area contributed by atoms with Crippen molar-refractivity contribution in [3.8, 4) is 0 Å². The molecule has 0 fully saturated rings. The van der Waals surface area contributed by atoms with Crippen molar-refractivity contribution in [2.75, 3.05) is 6.54 Å². The van der Waals surface area contributed by atoms with Crippen LogP contribution < -0.4 is 5.32 Å². The molecule has 18 heavy (non-hydrogen) atoms. The van der Waals surface area contributed by atoms with Crippen LogP contribution in [0.3, 0.4) is 0 Å². The van der Waals surface area contributed by atoms with E-state index in [0.29, 0.717) is 10.0 Å². The van der Waals surface area contributed by atoms with E-state index < -0.39 is 0 Å². The molecule has 1 aromatic carbocycles. The van der Waals surface area contributed by atoms with Crippen molar-refractivity contribution in [1.29, 1.82) is 0 Å². The van der Waals surface area contributed by atoms with E-state index in [2.05, 4.69) is 42.0 Å². The van der Waals surface area contributed by atoms with E-state index >= 15 is 0 Å². The Balaban J connectivity index is 3.27. The zero-order valence-electron chi connectivity index (χ0n) is 11.3. The lowest BCUT2D eigenvalue weighted by molar-refractivity contribution is 0.232. The van der Waals surface area contributed by atoms with Crippen LogP contribution in [0.15, 0.2) is 16.6 Å². The third kappa shape index (κ3) is 3.25. The fraction of sp³-hybridized carbons (Fsp3) is 0.571. The lowest BCUT2D eigenvalue weighted by Crippen LogP contribution is -2.34. The van der Waals surface area contributed by atoms with Crippen LogP contribution in [0.5, 0.6) is 0 Å². The van der Waals surface area contributed by atoms with Crippen LogP contribution >= 0.6 is 27.5 Å². The SMILES string of the molecule is CCNC(c1ccc(Br)c(Cl)c1F)C(C)(C)CC. The van der Waals surface area contributed by atoms with Gasteiger partial charge in [-0.2, -0.15) is 0 Å². The molecule has 0 saturated heterocycles. The fourth-order valence-electron chi connectivity index (χ4n) is 1.98. The van der Waals surface area contributed by atoms with E-state index in [1.54, 1.807) is 12.1 Å². The predicted octanol–water partition coefficient (Wildman–Crippen LogP) is 5.33. The highest BCUT2D eigenvalue weighted by atomic mass is 79.9. The molecule has 1 aromatic rings. The van der Waals surface area contributed by atoms with Gasteiger partial charge in [-0.05, 0) is 40.4 Å². The molecule has 1 rings (SSSR count). The smallest absolute Gasteiger partial charge is 0.147 e. The molecule has 4 heteroatoms. The summed E-state index contributed by atoms with van der Waals surface area (Å²) in [5.74, 6) is -0.335. The second kappa shape index (κ2) is 6.36. The van der Waals surface area contributed by atoms with Crippen molar-refractivity contribution >= 4 is 27.5 Å². The summed E-state index contributed by atoms with van der Waals surface area (Å²) in [6.07, 6.45) is 0.956. The number of hydrogen-bond acceptors (Lipinski definition) is 1. The van der Waals surface area contributed by atoms with Crippen molar-refractivity contribution < 1.29 is 4.39 Å². The summed E-state index contributed by atoms with van der Waals surface area (Å²) in [5.41, 5.74) is 0.602. The molecule has 0 heterocycles. The van der Waals surface area contributed by atoms with Crippen LogP contribution in [0.25, 0.3) is 0 Å². The molecular weight excluding hydrogens is 317 g/mol. The van der Waals surface area contributed by atoms with Gasteiger partial charge in [0.1, 0.15) is 5.82 Å². The van der Waals surface area contributed by atoms with Crippen molar-refractivity contribution in [1.82, 2.24) is 5.32 Å². The number of halogens is 3. The molecule has 0 spiro atoms. The largest absolute Gasteiger partial charge is 0.310 e. The number of nitrogens with one attached hydrogen (secondary N) is 1. The van der Waals surface area contributed by atoms with Gasteiger partial charge in [-0.25, -0.2) is 4.39 Å². The van der Waals surface area contributed by atoms with Crippen molar-refractivity contribution in [2.24, 2.45) is 5.41 Å². The average Bonchev–Trinajstić information content (AvgIpc) is 2.34. The van der Waals surface area contributed by atoms with E-state index in [0.717, 1.165) is 13.0 Å². The standard InChI is InChI=1S/C14H20BrClFN/c1-5-14(3,4)13(18-6-2)9-7-8-10(15)11(16)12(9)17/h7-8,13,18H,5-6H2,1-4H3. The maximum absolute atomic E-state index is 14.3. The van der Waals surface area contributed by atoms with Crippen LogP contribution in [-0.4, -0.2) is 6.54 Å². The maximum atomic E-state index is 14.3. The second-order valence-corrected chi connectivity index (χ2v) is 6.33. The molecule has 0 amide bonds. The molecule has 0 aliphatic carbocycles. The minimum absolute atomic E-state index is 0.0337. The molecule has 1 atom stereocenters. The lowest BCUT2D eigenvalue weighted by atomic mass is 9.78. The Labute approximate surface area is 122 Å². The molecule has 0 aliphatic heterocycles. The van der Waals surface area contributed by atoms with Crippen LogP contribution in [0.1, 0.15) is 45.7 Å². The number of hydrogen-bond donors (Lipinski definition) is 1. The third-order valence-corrected chi connectivity index (χ3v) is 4.74. The number of rotatable bonds is 5. The van der Waals surface area contributed by atoms with Gasteiger partial charge >= 0.3 is 0 Å². The van der Waals surface area contributed by atoms with Gasteiger partial charge in [0.2, 0.25) is 0 Å². The first-order valence-electron chi connectivity index (χ1n) is 6.21. The second-order valence-electron chi connectivity index (χ2n) is 5.10. The molecule has 1 unspecified atom stereocenters. The quantitative estimate of drug-likeness (QED) is 0.717. The Hall–Kier alpha value is -0.120. The zero-order chi connectivity index (χ0) is 13.9. The average molecular weight is 337 g/mol. The monoisotopic (exact) mass is 335 g/mol. The molecule has 0 saturated carbocycles. The molecule has 0 radical (unpaired) electrons. The summed E-state index contributed by atoms with van der Waals surface area (Å²) >= 11 is 9.21. The summed E-state index contributed by atoms with van der Waals surface area (Å²) < 4.78 is 14.9. The first kappa shape index (κ1) is 15.9. The molecule has 0 aromatic heterocycles. The normalized spacial score (nSPS) is 13.7. The summed E-state index contributed by atoms with van der Waals surface area (Å²) in [6, 6.07) is 3.56. The summed E-state index contributed by atoms with van der Waals surface area (Å²) in [6.45, 7) is 9.20. The Kier molecular flexibility index (Phi) is 5.63. The highest BCUT2D eigenvalue weighted by Gasteiger charge is 2.31. The Bertz CT molecular complexity index is 421. The Morgan fingerprint density at radius 1 is 1.39 bits per heavy atom. The summed E-state index contributed by atoms with van der Waals surface area (Å²) in [7, 11) is 0. The van der Waals surface area contributed by atoms with Gasteiger partial charge < -0.3 is 5.32 Å². The van der Waals surface area contributed by atoms with Gasteiger partial charge in [0.15, 0.2) is 0 Å². The first-order chi connectivity index (χ1) is 8.35. The van der Waals surface area contributed by atoms with Gasteiger partial charge in [-0.15, -0.1) is 0 Å².